The number of carboxylic acids is 2. The van der Waals surface area contributed by atoms with Gasteiger partial charge in [-0.3, -0.25) is 0 Å². The first kappa shape index (κ1) is 36.2. The maximum Gasteiger partial charge on any atom is 0.335 e. The summed E-state index contributed by atoms with van der Waals surface area (Å²) in [5.74, 6) is -1.88. The van der Waals surface area contributed by atoms with E-state index in [1.165, 1.54) is 22.3 Å². The van der Waals surface area contributed by atoms with Crippen LogP contribution in [0.15, 0.2) is 115 Å². The minimum Gasteiger partial charge on any atom is -0.545 e. The number of hydrogen-bond acceptors (Lipinski definition) is 4. The van der Waals surface area contributed by atoms with Gasteiger partial charge in [0, 0.05) is 5.56 Å². The van der Waals surface area contributed by atoms with E-state index in [0.29, 0.717) is 11.1 Å². The minimum atomic E-state index is -1.07. The molecular weight excluding hydrogens is 622 g/mol. The number of likely N-dealkylation sites (N-methyl/N-ethyl adjacent to an activating group) is 1. The normalized spacial score (nSPS) is 14.3. The smallest absolute Gasteiger partial charge is 0.335 e. The molecule has 8 aliphatic rings. The van der Waals surface area contributed by atoms with Crippen molar-refractivity contribution in [3.05, 3.63) is 176 Å². The van der Waals surface area contributed by atoms with Crippen molar-refractivity contribution in [2.24, 2.45) is 0 Å². The number of aliphatic hydroxyl groups is 1. The van der Waals surface area contributed by atoms with E-state index in [2.05, 4.69) is 54.6 Å². The number of hydrogen-bond donors (Lipinski definition) is 3. The summed E-state index contributed by atoms with van der Waals surface area (Å²) < 4.78 is 0. The lowest BCUT2D eigenvalue weighted by Gasteiger charge is -2.15. The Labute approximate surface area is 295 Å². The third-order valence-electron chi connectivity index (χ3n) is 9.78. The summed E-state index contributed by atoms with van der Waals surface area (Å²) in [6.45, 7) is 2.01. The van der Waals surface area contributed by atoms with Crippen LogP contribution in [-0.4, -0.2) is 35.2 Å². The van der Waals surface area contributed by atoms with Gasteiger partial charge in [-0.15, -0.1) is 0 Å². The first-order valence-corrected chi connectivity index (χ1v) is 17.6. The van der Waals surface area contributed by atoms with Crippen molar-refractivity contribution in [3.8, 4) is 0 Å². The summed E-state index contributed by atoms with van der Waals surface area (Å²) in [6, 6.07) is 38.9. The fourth-order valence-corrected chi connectivity index (χ4v) is 6.40. The summed E-state index contributed by atoms with van der Waals surface area (Å²) in [7, 11) is 1.97. The van der Waals surface area contributed by atoms with Crippen LogP contribution in [0.2, 0.25) is 0 Å². The number of carboxylic acid groups (broad SMARTS) is 2. The van der Waals surface area contributed by atoms with Gasteiger partial charge in [0.2, 0.25) is 0 Å². The van der Waals surface area contributed by atoms with Crippen LogP contribution in [-0.2, 0) is 51.4 Å². The Morgan fingerprint density at radius 1 is 0.580 bits per heavy atom. The van der Waals surface area contributed by atoms with Crippen molar-refractivity contribution in [2.75, 3.05) is 7.05 Å². The van der Waals surface area contributed by atoms with Crippen LogP contribution in [0.4, 0.5) is 0 Å². The molecule has 0 aliphatic heterocycles. The number of aromatic carboxylic acids is 2. The molecule has 8 aliphatic carbocycles. The summed E-state index contributed by atoms with van der Waals surface area (Å²) in [5.41, 5.74) is 10.9. The molecule has 5 aromatic carbocycles. The Kier molecular flexibility index (Phi) is 12.7. The number of carbonyl (C=O) groups is 2. The number of aliphatic hydroxyl groups excluding tert-OH is 1. The van der Waals surface area contributed by atoms with Crippen molar-refractivity contribution in [1.29, 1.82) is 0 Å². The van der Waals surface area contributed by atoms with Gasteiger partial charge in [-0.2, -0.15) is 0 Å². The SMILES string of the molecule is C[NH2+][C@@H](C)[C@H](O)c1ccccc1.O=C(O)c1cc2ccc1CCc1ccc(cc1)CC2.O=C([O-])c1cc2ccc1CCc1ccc(cc1)CC2. The van der Waals surface area contributed by atoms with E-state index in [9.17, 15) is 24.9 Å². The zero-order chi connectivity index (χ0) is 35.5. The molecular formula is C44H47NO5. The lowest BCUT2D eigenvalue weighted by Crippen LogP contribution is -2.86. The predicted octanol–water partition coefficient (Wildman–Crippen LogP) is 5.50. The van der Waals surface area contributed by atoms with E-state index in [1.807, 2.05) is 73.9 Å². The average Bonchev–Trinajstić information content (AvgIpc) is 3.14. The van der Waals surface area contributed by atoms with E-state index in [0.717, 1.165) is 79.2 Å². The van der Waals surface area contributed by atoms with Crippen LogP contribution in [0.1, 0.15) is 83.8 Å². The number of nitrogens with two attached hydrogens (primary N) is 1. The van der Waals surface area contributed by atoms with Gasteiger partial charge in [-0.05, 0) is 120 Å². The van der Waals surface area contributed by atoms with E-state index in [4.69, 9.17) is 0 Å². The molecule has 0 spiro atoms. The summed E-state index contributed by atoms with van der Waals surface area (Å²) >= 11 is 0. The van der Waals surface area contributed by atoms with Crippen LogP contribution in [0.3, 0.4) is 0 Å². The van der Waals surface area contributed by atoms with Crippen molar-refractivity contribution in [3.63, 3.8) is 0 Å². The van der Waals surface area contributed by atoms with Gasteiger partial charge in [0.05, 0.1) is 18.6 Å². The molecule has 0 radical (unpaired) electrons. The summed E-state index contributed by atoms with van der Waals surface area (Å²) in [5, 5.41) is 32.3. The van der Waals surface area contributed by atoms with Crippen molar-refractivity contribution < 1.29 is 30.2 Å². The van der Waals surface area contributed by atoms with Crippen LogP contribution in [0.25, 0.3) is 0 Å². The zero-order valence-electron chi connectivity index (χ0n) is 29.0. The standard InChI is InChI=1S/2C17H16O2.C10H15NO/c2*18-17(19)16-11-14-6-5-12-1-3-13(4-2-12)7-9-15(16)10-8-14;1-8(11-2)10(12)9-6-4-3-5-7-9/h2*1-4,8,10-11H,5-7,9H2,(H,18,19);3-8,10-12H,1-2H3/t;;8-,10-/m..0/s1. The van der Waals surface area contributed by atoms with Gasteiger partial charge >= 0.3 is 5.97 Å². The Balaban J connectivity index is 0.000000150. The first-order valence-electron chi connectivity index (χ1n) is 17.6. The molecule has 0 heterocycles. The Morgan fingerprint density at radius 2 is 0.960 bits per heavy atom. The van der Waals surface area contributed by atoms with Gasteiger partial charge in [0.15, 0.2) is 0 Å². The first-order chi connectivity index (χ1) is 24.2. The quantitative estimate of drug-likeness (QED) is 0.229. The van der Waals surface area contributed by atoms with Crippen molar-refractivity contribution in [1.82, 2.24) is 0 Å². The molecule has 0 unspecified atom stereocenters. The summed E-state index contributed by atoms with van der Waals surface area (Å²) in [4.78, 5) is 22.6. The molecule has 6 nitrogen and oxygen atoms in total. The molecule has 0 aromatic heterocycles. The molecule has 0 amide bonds. The molecule has 8 bridgehead atoms. The summed E-state index contributed by atoms with van der Waals surface area (Å²) in [6.07, 6.45) is 6.55. The largest absolute Gasteiger partial charge is 0.545 e. The van der Waals surface area contributed by atoms with E-state index in [1.54, 1.807) is 6.07 Å². The third kappa shape index (κ3) is 10.0. The number of carbonyl (C=O) groups excluding carboxylic acids is 1. The second kappa shape index (κ2) is 17.6. The number of quaternary nitrogens is 1. The molecule has 13 rings (SSSR count). The van der Waals surface area contributed by atoms with Gasteiger partial charge in [0.1, 0.15) is 12.1 Å². The zero-order valence-corrected chi connectivity index (χ0v) is 29.0. The number of aryl methyl sites for hydroxylation is 8. The molecule has 0 fully saturated rings. The van der Waals surface area contributed by atoms with Gasteiger partial charge in [-0.25, -0.2) is 4.79 Å². The monoisotopic (exact) mass is 669 g/mol. The molecule has 4 N–H and O–H groups in total. The topological polar surface area (TPSA) is 114 Å². The molecule has 5 aromatic rings. The number of benzene rings is 5. The fourth-order valence-electron chi connectivity index (χ4n) is 6.40. The molecule has 50 heavy (non-hydrogen) atoms. The second-order valence-electron chi connectivity index (χ2n) is 13.3. The van der Waals surface area contributed by atoms with Crippen molar-refractivity contribution >= 4 is 11.9 Å². The highest BCUT2D eigenvalue weighted by Gasteiger charge is 2.16. The van der Waals surface area contributed by atoms with Crippen LogP contribution in [0, 0.1) is 0 Å². The van der Waals surface area contributed by atoms with Crippen LogP contribution in [0.5, 0.6) is 0 Å². The maximum atomic E-state index is 11.3. The predicted molar refractivity (Wildman–Crippen MR) is 195 cm³/mol. The lowest BCUT2D eigenvalue weighted by atomic mass is 9.93. The van der Waals surface area contributed by atoms with Gasteiger partial charge < -0.3 is 25.4 Å². The average molecular weight is 670 g/mol. The number of rotatable bonds is 5. The molecule has 0 saturated heterocycles. The molecule has 2 atom stereocenters. The van der Waals surface area contributed by atoms with Crippen molar-refractivity contribution in [2.45, 2.75) is 70.4 Å². The molecule has 6 heteroatoms. The lowest BCUT2D eigenvalue weighted by molar-refractivity contribution is -0.669. The highest BCUT2D eigenvalue weighted by Crippen LogP contribution is 2.21. The Bertz CT molecular complexity index is 1750. The van der Waals surface area contributed by atoms with Gasteiger partial charge in [-0.1, -0.05) is 103 Å². The van der Waals surface area contributed by atoms with E-state index >= 15 is 0 Å². The highest BCUT2D eigenvalue weighted by atomic mass is 16.4. The highest BCUT2D eigenvalue weighted by molar-refractivity contribution is 5.89. The van der Waals surface area contributed by atoms with Crippen LogP contribution >= 0.6 is 0 Å². The fraction of sp³-hybridized carbons (Fsp3) is 0.273. The van der Waals surface area contributed by atoms with Gasteiger partial charge in [0.25, 0.3) is 0 Å². The third-order valence-corrected chi connectivity index (χ3v) is 9.78. The molecule has 258 valence electrons. The minimum absolute atomic E-state index is 0.215. The second-order valence-corrected chi connectivity index (χ2v) is 13.3. The Hall–Kier alpha value is -5.04. The molecule has 0 saturated carbocycles. The van der Waals surface area contributed by atoms with E-state index < -0.39 is 11.9 Å². The Morgan fingerprint density at radius 3 is 1.38 bits per heavy atom. The van der Waals surface area contributed by atoms with E-state index in [-0.39, 0.29) is 12.1 Å². The van der Waals surface area contributed by atoms with Crippen LogP contribution < -0.4 is 10.4 Å². The maximum absolute atomic E-state index is 11.3.